The first-order valence-corrected chi connectivity index (χ1v) is 9.82. The lowest BCUT2D eigenvalue weighted by Crippen LogP contribution is -2.10. The SMILES string of the molecule is C=Cc1ccc(-c2nnc(-c3ccc(C(C)(C)C)cc3)n2-c2ccccc2)cc1. The average molecular weight is 380 g/mol. The predicted octanol–water partition coefficient (Wildman–Crippen LogP) is 6.54. The second-order valence-corrected chi connectivity index (χ2v) is 8.17. The first-order valence-electron chi connectivity index (χ1n) is 9.82. The standard InChI is InChI=1S/C26H25N3/c1-5-19-11-13-20(14-12-19)24-27-28-25(29(24)23-9-7-6-8-10-23)21-15-17-22(18-16-21)26(2,3)4/h5-18H,1H2,2-4H3. The molecule has 0 bridgehead atoms. The normalized spacial score (nSPS) is 11.4. The zero-order chi connectivity index (χ0) is 20.4. The summed E-state index contributed by atoms with van der Waals surface area (Å²) in [7, 11) is 0. The van der Waals surface area contributed by atoms with Gasteiger partial charge in [0, 0.05) is 16.8 Å². The molecular weight excluding hydrogens is 354 g/mol. The van der Waals surface area contributed by atoms with Crippen molar-refractivity contribution >= 4 is 6.08 Å². The topological polar surface area (TPSA) is 30.7 Å². The van der Waals surface area contributed by atoms with E-state index in [2.05, 4.69) is 90.6 Å². The van der Waals surface area contributed by atoms with Crippen LogP contribution in [0, 0.1) is 0 Å². The summed E-state index contributed by atoms with van der Waals surface area (Å²) in [5.74, 6) is 1.65. The molecule has 0 N–H and O–H groups in total. The summed E-state index contributed by atoms with van der Waals surface area (Å²) in [4.78, 5) is 0. The van der Waals surface area contributed by atoms with Gasteiger partial charge >= 0.3 is 0 Å². The van der Waals surface area contributed by atoms with Crippen LogP contribution in [0.15, 0.2) is 85.4 Å². The number of rotatable bonds is 4. The monoisotopic (exact) mass is 379 g/mol. The molecule has 4 aromatic rings. The van der Waals surface area contributed by atoms with Gasteiger partial charge in [0.25, 0.3) is 0 Å². The molecule has 0 aliphatic rings. The van der Waals surface area contributed by atoms with Gasteiger partial charge in [0.15, 0.2) is 11.6 Å². The van der Waals surface area contributed by atoms with E-state index < -0.39 is 0 Å². The van der Waals surface area contributed by atoms with Crippen LogP contribution in [0.2, 0.25) is 0 Å². The fourth-order valence-corrected chi connectivity index (χ4v) is 3.37. The van der Waals surface area contributed by atoms with Crippen LogP contribution in [0.3, 0.4) is 0 Å². The molecule has 1 aromatic heterocycles. The molecular formula is C26H25N3. The first-order chi connectivity index (χ1) is 14.0. The van der Waals surface area contributed by atoms with Gasteiger partial charge in [-0.2, -0.15) is 0 Å². The maximum atomic E-state index is 4.57. The van der Waals surface area contributed by atoms with E-state index in [9.17, 15) is 0 Å². The zero-order valence-electron chi connectivity index (χ0n) is 17.1. The molecule has 4 rings (SSSR count). The van der Waals surface area contributed by atoms with E-state index in [0.717, 1.165) is 34.0 Å². The molecule has 144 valence electrons. The Balaban J connectivity index is 1.86. The highest BCUT2D eigenvalue weighted by molar-refractivity contribution is 5.68. The number of hydrogen-bond donors (Lipinski definition) is 0. The quantitative estimate of drug-likeness (QED) is 0.403. The van der Waals surface area contributed by atoms with Gasteiger partial charge in [-0.25, -0.2) is 0 Å². The summed E-state index contributed by atoms with van der Waals surface area (Å²) >= 11 is 0. The van der Waals surface area contributed by atoms with Crippen molar-refractivity contribution in [3.8, 4) is 28.5 Å². The molecule has 0 radical (unpaired) electrons. The number of nitrogens with zero attached hydrogens (tertiary/aromatic N) is 3. The summed E-state index contributed by atoms with van der Waals surface area (Å²) in [5.41, 5.74) is 5.59. The van der Waals surface area contributed by atoms with E-state index >= 15 is 0 Å². The molecule has 0 fully saturated rings. The molecule has 3 heteroatoms. The Morgan fingerprint density at radius 3 is 1.72 bits per heavy atom. The Bertz CT molecular complexity index is 1110. The predicted molar refractivity (Wildman–Crippen MR) is 121 cm³/mol. The highest BCUT2D eigenvalue weighted by Gasteiger charge is 2.18. The second kappa shape index (κ2) is 7.51. The van der Waals surface area contributed by atoms with Crippen molar-refractivity contribution in [1.82, 2.24) is 14.8 Å². The second-order valence-electron chi connectivity index (χ2n) is 8.17. The fourth-order valence-electron chi connectivity index (χ4n) is 3.37. The van der Waals surface area contributed by atoms with Crippen molar-refractivity contribution < 1.29 is 0 Å². The van der Waals surface area contributed by atoms with Crippen molar-refractivity contribution in [2.45, 2.75) is 26.2 Å². The van der Waals surface area contributed by atoms with Crippen molar-refractivity contribution in [3.05, 3.63) is 96.6 Å². The minimum Gasteiger partial charge on any atom is -0.275 e. The van der Waals surface area contributed by atoms with E-state index in [1.807, 2.05) is 36.4 Å². The van der Waals surface area contributed by atoms with Crippen LogP contribution in [0.1, 0.15) is 31.9 Å². The lowest BCUT2D eigenvalue weighted by atomic mass is 9.86. The van der Waals surface area contributed by atoms with Crippen LogP contribution < -0.4 is 0 Å². The summed E-state index contributed by atoms with van der Waals surface area (Å²) in [6.07, 6.45) is 1.84. The van der Waals surface area contributed by atoms with Crippen LogP contribution in [-0.4, -0.2) is 14.8 Å². The summed E-state index contributed by atoms with van der Waals surface area (Å²) in [6.45, 7) is 10.5. The van der Waals surface area contributed by atoms with Crippen molar-refractivity contribution in [2.75, 3.05) is 0 Å². The van der Waals surface area contributed by atoms with Gasteiger partial charge in [0.2, 0.25) is 0 Å². The smallest absolute Gasteiger partial charge is 0.168 e. The molecule has 3 aromatic carbocycles. The summed E-state index contributed by atoms with van der Waals surface area (Å²) < 4.78 is 2.12. The Morgan fingerprint density at radius 2 is 1.24 bits per heavy atom. The van der Waals surface area contributed by atoms with E-state index in [4.69, 9.17) is 0 Å². The van der Waals surface area contributed by atoms with Crippen molar-refractivity contribution in [2.24, 2.45) is 0 Å². The summed E-state index contributed by atoms with van der Waals surface area (Å²) in [5, 5.41) is 9.12. The minimum absolute atomic E-state index is 0.115. The molecule has 0 unspecified atom stereocenters. The van der Waals surface area contributed by atoms with Gasteiger partial charge in [-0.1, -0.05) is 100 Å². The summed E-state index contributed by atoms with van der Waals surface area (Å²) in [6, 6.07) is 27.1. The van der Waals surface area contributed by atoms with Crippen LogP contribution in [0.5, 0.6) is 0 Å². The average Bonchev–Trinajstić information content (AvgIpc) is 3.19. The van der Waals surface area contributed by atoms with E-state index in [1.54, 1.807) is 0 Å². The molecule has 0 spiro atoms. The lowest BCUT2D eigenvalue weighted by molar-refractivity contribution is 0.590. The molecule has 0 saturated carbocycles. The Kier molecular flexibility index (Phi) is 4.89. The van der Waals surface area contributed by atoms with Crippen LogP contribution in [0.4, 0.5) is 0 Å². The van der Waals surface area contributed by atoms with Crippen LogP contribution >= 0.6 is 0 Å². The number of aromatic nitrogens is 3. The highest BCUT2D eigenvalue weighted by atomic mass is 15.3. The molecule has 0 aliphatic heterocycles. The van der Waals surface area contributed by atoms with Gasteiger partial charge in [-0.15, -0.1) is 10.2 Å². The third-order valence-corrected chi connectivity index (χ3v) is 5.09. The molecule has 0 amide bonds. The fraction of sp³-hybridized carbons (Fsp3) is 0.154. The van der Waals surface area contributed by atoms with E-state index in [0.29, 0.717) is 0 Å². The van der Waals surface area contributed by atoms with E-state index in [-0.39, 0.29) is 5.41 Å². The van der Waals surface area contributed by atoms with Gasteiger partial charge in [-0.3, -0.25) is 4.57 Å². The lowest BCUT2D eigenvalue weighted by Gasteiger charge is -2.19. The zero-order valence-corrected chi connectivity index (χ0v) is 17.1. The molecule has 29 heavy (non-hydrogen) atoms. The first kappa shape index (κ1) is 18.9. The number of hydrogen-bond acceptors (Lipinski definition) is 2. The third-order valence-electron chi connectivity index (χ3n) is 5.09. The van der Waals surface area contributed by atoms with E-state index in [1.165, 1.54) is 5.56 Å². The van der Waals surface area contributed by atoms with Gasteiger partial charge in [0.1, 0.15) is 0 Å². The number of para-hydroxylation sites is 1. The third kappa shape index (κ3) is 3.77. The molecule has 1 heterocycles. The van der Waals surface area contributed by atoms with Crippen LogP contribution in [0.25, 0.3) is 34.5 Å². The maximum absolute atomic E-state index is 4.57. The Labute approximate surface area is 172 Å². The largest absolute Gasteiger partial charge is 0.275 e. The molecule has 3 nitrogen and oxygen atoms in total. The number of benzene rings is 3. The molecule has 0 atom stereocenters. The molecule has 0 aliphatic carbocycles. The maximum Gasteiger partial charge on any atom is 0.168 e. The van der Waals surface area contributed by atoms with Crippen LogP contribution in [-0.2, 0) is 5.41 Å². The van der Waals surface area contributed by atoms with Crippen molar-refractivity contribution in [1.29, 1.82) is 0 Å². The van der Waals surface area contributed by atoms with Gasteiger partial charge in [-0.05, 0) is 28.7 Å². The minimum atomic E-state index is 0.115. The van der Waals surface area contributed by atoms with Gasteiger partial charge < -0.3 is 0 Å². The highest BCUT2D eigenvalue weighted by Crippen LogP contribution is 2.30. The van der Waals surface area contributed by atoms with Crippen molar-refractivity contribution in [3.63, 3.8) is 0 Å². The van der Waals surface area contributed by atoms with Gasteiger partial charge in [0.05, 0.1) is 0 Å². The molecule has 0 saturated heterocycles. The Morgan fingerprint density at radius 1 is 0.724 bits per heavy atom. The Hall–Kier alpha value is -3.46.